The fourth-order valence-electron chi connectivity index (χ4n) is 0.472. The maximum absolute atomic E-state index is 8.33. The average Bonchev–Trinajstić information content (AvgIpc) is 2.08. The zero-order chi connectivity index (χ0) is 8.69. The molecule has 0 bridgehead atoms. The summed E-state index contributed by atoms with van der Waals surface area (Å²) in [6.07, 6.45) is 1.50. The van der Waals surface area contributed by atoms with Gasteiger partial charge in [-0.25, -0.2) is 4.98 Å². The van der Waals surface area contributed by atoms with Crippen LogP contribution in [0.1, 0.15) is 19.4 Å². The first-order valence-corrected chi connectivity index (χ1v) is 3.72. The first-order valence-electron chi connectivity index (χ1n) is 3.34. The minimum absolute atomic E-state index is 0.356. The Bertz CT molecular complexity index is 253. The number of halogens is 1. The molecule has 2 nitrogen and oxygen atoms in total. The third-order valence-electron chi connectivity index (χ3n) is 0.856. The summed E-state index contributed by atoms with van der Waals surface area (Å²) in [5, 5.41) is 8.68. The predicted octanol–water partition coefficient (Wildman–Crippen LogP) is 2.63. The number of nitrogens with zero attached hydrogens (tertiary/aromatic N) is 2. The van der Waals surface area contributed by atoms with Crippen molar-refractivity contribution in [3.05, 3.63) is 29.0 Å². The summed E-state index contributed by atoms with van der Waals surface area (Å²) in [5.41, 5.74) is 0.537. The van der Waals surface area contributed by atoms with Gasteiger partial charge in [0.25, 0.3) is 0 Å². The molecule has 0 aliphatic heterocycles. The Hall–Kier alpha value is -1.07. The van der Waals surface area contributed by atoms with E-state index in [-0.39, 0.29) is 0 Å². The van der Waals surface area contributed by atoms with Gasteiger partial charge in [-0.3, -0.25) is 0 Å². The minimum Gasteiger partial charge on any atom is -0.244 e. The van der Waals surface area contributed by atoms with Crippen molar-refractivity contribution in [1.29, 1.82) is 5.26 Å². The van der Waals surface area contributed by atoms with E-state index in [9.17, 15) is 0 Å². The van der Waals surface area contributed by atoms with Gasteiger partial charge in [0.1, 0.15) is 5.15 Å². The molecule has 0 fully saturated rings. The van der Waals surface area contributed by atoms with Crippen molar-refractivity contribution in [2.24, 2.45) is 0 Å². The van der Waals surface area contributed by atoms with Gasteiger partial charge < -0.3 is 0 Å². The molecular formula is C8H9ClN2. The number of nitriles is 1. The standard InChI is InChI=1S/C6H3ClN2.C2H6/c7-6-3-5(4-8)1-2-9-6;1-2/h1-3H;1-2H3. The van der Waals surface area contributed by atoms with Gasteiger partial charge in [0.15, 0.2) is 0 Å². The van der Waals surface area contributed by atoms with E-state index in [0.717, 1.165) is 0 Å². The molecule has 1 heterocycles. The molecule has 0 radical (unpaired) electrons. The van der Waals surface area contributed by atoms with E-state index in [4.69, 9.17) is 16.9 Å². The number of rotatable bonds is 0. The molecular weight excluding hydrogens is 160 g/mol. The van der Waals surface area contributed by atoms with Crippen LogP contribution in [0.15, 0.2) is 18.3 Å². The molecule has 0 aromatic carbocycles. The summed E-state index contributed by atoms with van der Waals surface area (Å²) in [4.78, 5) is 3.70. The highest BCUT2D eigenvalue weighted by atomic mass is 35.5. The molecule has 0 spiro atoms. The number of hydrogen-bond acceptors (Lipinski definition) is 2. The summed E-state index contributed by atoms with van der Waals surface area (Å²) >= 11 is 5.46. The molecule has 0 saturated heterocycles. The fourth-order valence-corrected chi connectivity index (χ4v) is 0.646. The Morgan fingerprint density at radius 1 is 1.55 bits per heavy atom. The molecule has 3 heteroatoms. The van der Waals surface area contributed by atoms with Crippen LogP contribution in [0.25, 0.3) is 0 Å². The van der Waals surface area contributed by atoms with Crippen LogP contribution < -0.4 is 0 Å². The lowest BCUT2D eigenvalue weighted by Gasteiger charge is -1.85. The van der Waals surface area contributed by atoms with E-state index in [1.165, 1.54) is 12.3 Å². The highest BCUT2D eigenvalue weighted by Crippen LogP contribution is 2.04. The number of hydrogen-bond donors (Lipinski definition) is 0. The van der Waals surface area contributed by atoms with E-state index in [0.29, 0.717) is 10.7 Å². The minimum atomic E-state index is 0.356. The van der Waals surface area contributed by atoms with Gasteiger partial charge >= 0.3 is 0 Å². The molecule has 0 amide bonds. The average molecular weight is 169 g/mol. The van der Waals surface area contributed by atoms with Gasteiger partial charge in [0, 0.05) is 6.20 Å². The van der Waals surface area contributed by atoms with Gasteiger partial charge in [0.2, 0.25) is 0 Å². The second-order valence-corrected chi connectivity index (χ2v) is 1.87. The fraction of sp³-hybridized carbons (Fsp3) is 0.250. The van der Waals surface area contributed by atoms with Crippen molar-refractivity contribution in [3.8, 4) is 6.07 Å². The van der Waals surface area contributed by atoms with Gasteiger partial charge in [0.05, 0.1) is 11.6 Å². The van der Waals surface area contributed by atoms with Crippen molar-refractivity contribution in [2.75, 3.05) is 0 Å². The molecule has 0 unspecified atom stereocenters. The van der Waals surface area contributed by atoms with Crippen LogP contribution in [0.4, 0.5) is 0 Å². The van der Waals surface area contributed by atoms with E-state index in [1.807, 2.05) is 19.9 Å². The summed E-state index contributed by atoms with van der Waals surface area (Å²) in [5.74, 6) is 0. The van der Waals surface area contributed by atoms with Crippen LogP contribution in [0, 0.1) is 11.3 Å². The maximum Gasteiger partial charge on any atom is 0.130 e. The smallest absolute Gasteiger partial charge is 0.130 e. The third kappa shape index (κ3) is 3.59. The van der Waals surface area contributed by atoms with Crippen LogP contribution in [-0.2, 0) is 0 Å². The summed E-state index contributed by atoms with van der Waals surface area (Å²) < 4.78 is 0. The Kier molecular flexibility index (Phi) is 5.14. The lowest BCUT2D eigenvalue weighted by atomic mass is 10.3. The van der Waals surface area contributed by atoms with Crippen LogP contribution >= 0.6 is 11.6 Å². The largest absolute Gasteiger partial charge is 0.244 e. The van der Waals surface area contributed by atoms with Crippen molar-refractivity contribution < 1.29 is 0 Å². The second kappa shape index (κ2) is 5.70. The lowest BCUT2D eigenvalue weighted by molar-refractivity contribution is 1.31. The molecule has 0 aliphatic rings. The first-order chi connectivity index (χ1) is 5.33. The zero-order valence-corrected chi connectivity index (χ0v) is 7.26. The summed E-state index contributed by atoms with van der Waals surface area (Å²) in [6.45, 7) is 4.00. The Balaban J connectivity index is 0.000000461. The zero-order valence-electron chi connectivity index (χ0n) is 6.50. The Morgan fingerprint density at radius 3 is 2.55 bits per heavy atom. The van der Waals surface area contributed by atoms with Crippen LogP contribution in [0.3, 0.4) is 0 Å². The Labute approximate surface area is 71.4 Å². The van der Waals surface area contributed by atoms with Crippen molar-refractivity contribution in [3.63, 3.8) is 0 Å². The van der Waals surface area contributed by atoms with Gasteiger partial charge in [-0.15, -0.1) is 0 Å². The van der Waals surface area contributed by atoms with E-state index < -0.39 is 0 Å². The lowest BCUT2D eigenvalue weighted by Crippen LogP contribution is -1.75. The molecule has 0 atom stereocenters. The highest BCUT2D eigenvalue weighted by molar-refractivity contribution is 6.29. The molecule has 58 valence electrons. The topological polar surface area (TPSA) is 36.7 Å². The molecule has 0 aliphatic carbocycles. The predicted molar refractivity (Wildman–Crippen MR) is 45.3 cm³/mol. The third-order valence-corrected chi connectivity index (χ3v) is 1.06. The van der Waals surface area contributed by atoms with Crippen molar-refractivity contribution in [2.45, 2.75) is 13.8 Å². The quantitative estimate of drug-likeness (QED) is 0.559. The van der Waals surface area contributed by atoms with E-state index >= 15 is 0 Å². The SMILES string of the molecule is CC.N#Cc1ccnc(Cl)c1. The number of aromatic nitrogens is 1. The van der Waals surface area contributed by atoms with E-state index in [2.05, 4.69) is 4.98 Å². The maximum atomic E-state index is 8.33. The summed E-state index contributed by atoms with van der Waals surface area (Å²) in [7, 11) is 0. The first kappa shape index (κ1) is 9.93. The van der Waals surface area contributed by atoms with Crippen LogP contribution in [0.2, 0.25) is 5.15 Å². The second-order valence-electron chi connectivity index (χ2n) is 1.48. The van der Waals surface area contributed by atoms with Gasteiger partial charge in [-0.05, 0) is 12.1 Å². The van der Waals surface area contributed by atoms with Crippen LogP contribution in [0.5, 0.6) is 0 Å². The monoisotopic (exact) mass is 168 g/mol. The van der Waals surface area contributed by atoms with E-state index in [1.54, 1.807) is 6.07 Å². The van der Waals surface area contributed by atoms with Gasteiger partial charge in [-0.2, -0.15) is 5.26 Å². The van der Waals surface area contributed by atoms with Gasteiger partial charge in [-0.1, -0.05) is 25.4 Å². The van der Waals surface area contributed by atoms with Crippen molar-refractivity contribution >= 4 is 11.6 Å². The molecule has 0 N–H and O–H groups in total. The van der Waals surface area contributed by atoms with Crippen LogP contribution in [-0.4, -0.2) is 4.98 Å². The molecule has 1 aromatic rings. The molecule has 11 heavy (non-hydrogen) atoms. The van der Waals surface area contributed by atoms with Crippen molar-refractivity contribution in [1.82, 2.24) is 4.98 Å². The summed E-state index contributed by atoms with van der Waals surface area (Å²) in [6, 6.07) is 5.06. The number of pyridine rings is 1. The normalized spacial score (nSPS) is 7.45. The highest BCUT2D eigenvalue weighted by Gasteiger charge is 1.89. The Morgan fingerprint density at radius 2 is 2.18 bits per heavy atom. The molecule has 0 saturated carbocycles. The molecule has 1 rings (SSSR count). The molecule has 1 aromatic heterocycles.